The summed E-state index contributed by atoms with van der Waals surface area (Å²) < 4.78 is 0. The Hall–Kier alpha value is -2.76. The summed E-state index contributed by atoms with van der Waals surface area (Å²) in [7, 11) is 0. The summed E-state index contributed by atoms with van der Waals surface area (Å²) in [6.07, 6.45) is 3.30. The number of amides is 2. The first-order chi connectivity index (χ1) is 10.7. The van der Waals surface area contributed by atoms with E-state index >= 15 is 0 Å². The number of pyridine rings is 1. The Bertz CT molecular complexity index is 622. The summed E-state index contributed by atoms with van der Waals surface area (Å²) in [4.78, 5) is 20.1. The van der Waals surface area contributed by atoms with E-state index in [1.165, 1.54) is 0 Å². The molecule has 1 aliphatic heterocycles. The van der Waals surface area contributed by atoms with Crippen molar-refractivity contribution >= 4 is 17.4 Å². The quantitative estimate of drug-likeness (QED) is 0.891. The maximum atomic E-state index is 12.2. The summed E-state index contributed by atoms with van der Waals surface area (Å²) in [5, 5.41) is 12.2. The maximum absolute atomic E-state index is 12.2. The van der Waals surface area contributed by atoms with Gasteiger partial charge in [-0.2, -0.15) is 0 Å². The second-order valence-corrected chi connectivity index (χ2v) is 5.16. The molecule has 0 aliphatic carbocycles. The molecule has 1 aromatic heterocycles. The molecule has 0 spiro atoms. The summed E-state index contributed by atoms with van der Waals surface area (Å²) in [6, 6.07) is 10.6. The van der Waals surface area contributed by atoms with Crippen LogP contribution in [0.15, 0.2) is 48.8 Å². The molecule has 114 valence electrons. The van der Waals surface area contributed by atoms with Gasteiger partial charge in [0.2, 0.25) is 0 Å². The van der Waals surface area contributed by atoms with Gasteiger partial charge in [0.25, 0.3) is 0 Å². The van der Waals surface area contributed by atoms with Crippen molar-refractivity contribution < 1.29 is 9.90 Å². The van der Waals surface area contributed by atoms with Gasteiger partial charge in [-0.3, -0.25) is 4.98 Å². The molecule has 2 heterocycles. The van der Waals surface area contributed by atoms with E-state index in [1.807, 2.05) is 12.1 Å². The van der Waals surface area contributed by atoms with Gasteiger partial charge in [0.05, 0.1) is 0 Å². The second kappa shape index (κ2) is 6.34. The number of benzene rings is 1. The highest BCUT2D eigenvalue weighted by atomic mass is 16.3. The first-order valence-corrected chi connectivity index (χ1v) is 7.22. The first kappa shape index (κ1) is 14.2. The second-order valence-electron chi connectivity index (χ2n) is 5.16. The van der Waals surface area contributed by atoms with E-state index in [1.54, 1.807) is 41.6 Å². The normalized spacial score (nSPS) is 14.7. The zero-order valence-corrected chi connectivity index (χ0v) is 12.1. The van der Waals surface area contributed by atoms with Crippen LogP contribution < -0.4 is 10.2 Å². The molecule has 1 fully saturated rings. The molecule has 0 bridgehead atoms. The number of aromatic hydroxyl groups is 1. The van der Waals surface area contributed by atoms with Crippen molar-refractivity contribution in [1.29, 1.82) is 0 Å². The molecule has 0 saturated carbocycles. The monoisotopic (exact) mass is 298 g/mol. The molecule has 22 heavy (non-hydrogen) atoms. The first-order valence-electron chi connectivity index (χ1n) is 7.22. The number of hydrogen-bond donors (Lipinski definition) is 2. The Morgan fingerprint density at radius 2 is 1.64 bits per heavy atom. The Labute approximate surface area is 129 Å². The van der Waals surface area contributed by atoms with E-state index < -0.39 is 0 Å². The number of aromatic nitrogens is 1. The van der Waals surface area contributed by atoms with Crippen molar-refractivity contribution in [3.8, 4) is 5.75 Å². The predicted molar refractivity (Wildman–Crippen MR) is 85.1 cm³/mol. The summed E-state index contributed by atoms with van der Waals surface area (Å²) in [5.41, 5.74) is 1.81. The number of rotatable bonds is 2. The molecule has 2 aromatic rings. The highest BCUT2D eigenvalue weighted by molar-refractivity contribution is 5.89. The lowest BCUT2D eigenvalue weighted by molar-refractivity contribution is 0.208. The smallest absolute Gasteiger partial charge is 0.321 e. The Balaban J connectivity index is 1.55. The van der Waals surface area contributed by atoms with E-state index in [2.05, 4.69) is 15.2 Å². The van der Waals surface area contributed by atoms with Crippen LogP contribution in [0.5, 0.6) is 5.75 Å². The van der Waals surface area contributed by atoms with Gasteiger partial charge in [0.15, 0.2) is 0 Å². The van der Waals surface area contributed by atoms with E-state index in [0.29, 0.717) is 13.1 Å². The summed E-state index contributed by atoms with van der Waals surface area (Å²) >= 11 is 0. The fourth-order valence-corrected chi connectivity index (χ4v) is 2.47. The number of phenols is 1. The zero-order valence-electron chi connectivity index (χ0n) is 12.1. The fraction of sp³-hybridized carbons (Fsp3) is 0.250. The molecule has 0 atom stereocenters. The van der Waals surface area contributed by atoms with Crippen LogP contribution in [-0.4, -0.2) is 47.2 Å². The van der Waals surface area contributed by atoms with Crippen LogP contribution in [0.1, 0.15) is 0 Å². The third-order valence-corrected chi connectivity index (χ3v) is 3.71. The van der Waals surface area contributed by atoms with Gasteiger partial charge in [0, 0.05) is 49.9 Å². The summed E-state index contributed by atoms with van der Waals surface area (Å²) in [6.45, 7) is 2.87. The van der Waals surface area contributed by atoms with Crippen LogP contribution in [0.2, 0.25) is 0 Å². The van der Waals surface area contributed by atoms with Crippen LogP contribution >= 0.6 is 0 Å². The molecule has 3 rings (SSSR count). The van der Waals surface area contributed by atoms with Crippen molar-refractivity contribution in [2.24, 2.45) is 0 Å². The number of carbonyl (C=O) groups excluding carboxylic acids is 1. The molecular weight excluding hydrogens is 280 g/mol. The van der Waals surface area contributed by atoms with E-state index in [-0.39, 0.29) is 11.8 Å². The molecule has 0 unspecified atom stereocenters. The molecule has 0 radical (unpaired) electrons. The molecule has 1 aromatic carbocycles. The van der Waals surface area contributed by atoms with Crippen LogP contribution in [0.25, 0.3) is 0 Å². The molecule has 1 aliphatic rings. The van der Waals surface area contributed by atoms with Gasteiger partial charge in [-0.05, 0) is 36.4 Å². The van der Waals surface area contributed by atoms with Gasteiger partial charge in [-0.15, -0.1) is 0 Å². The molecule has 1 saturated heterocycles. The van der Waals surface area contributed by atoms with Crippen molar-refractivity contribution in [3.63, 3.8) is 0 Å². The van der Waals surface area contributed by atoms with E-state index in [4.69, 9.17) is 0 Å². The molecular formula is C16H18N4O2. The predicted octanol–water partition coefficient (Wildman–Crippen LogP) is 2.14. The van der Waals surface area contributed by atoms with Crippen molar-refractivity contribution in [3.05, 3.63) is 48.8 Å². The highest BCUT2D eigenvalue weighted by Crippen LogP contribution is 2.20. The van der Waals surface area contributed by atoms with Crippen molar-refractivity contribution in [1.82, 2.24) is 9.88 Å². The topological polar surface area (TPSA) is 68.7 Å². The van der Waals surface area contributed by atoms with E-state index in [0.717, 1.165) is 24.5 Å². The van der Waals surface area contributed by atoms with Gasteiger partial charge in [-0.1, -0.05) is 0 Å². The minimum Gasteiger partial charge on any atom is -0.508 e. The largest absolute Gasteiger partial charge is 0.508 e. The number of carbonyl (C=O) groups is 1. The lowest BCUT2D eigenvalue weighted by atomic mass is 10.2. The lowest BCUT2D eigenvalue weighted by Gasteiger charge is -2.36. The maximum Gasteiger partial charge on any atom is 0.321 e. The third kappa shape index (κ3) is 3.28. The van der Waals surface area contributed by atoms with Crippen molar-refractivity contribution in [2.75, 3.05) is 36.4 Å². The average molecular weight is 298 g/mol. The highest BCUT2D eigenvalue weighted by Gasteiger charge is 2.21. The number of piperazine rings is 1. The number of nitrogens with zero attached hydrogens (tertiary/aromatic N) is 3. The molecule has 2 N–H and O–H groups in total. The number of nitrogens with one attached hydrogen (secondary N) is 1. The lowest BCUT2D eigenvalue weighted by Crippen LogP contribution is -2.50. The Morgan fingerprint density at radius 1 is 1.00 bits per heavy atom. The number of hydrogen-bond acceptors (Lipinski definition) is 4. The fourth-order valence-electron chi connectivity index (χ4n) is 2.47. The standard InChI is InChI=1S/C16H18N4O2/c21-15-3-1-14(2-4-15)19-9-11-20(12-10-19)16(22)18-13-5-7-17-8-6-13/h1-8,21H,9-12H2,(H,17,18,22). The minimum atomic E-state index is -0.0865. The molecule has 2 amide bonds. The van der Waals surface area contributed by atoms with Crippen molar-refractivity contribution in [2.45, 2.75) is 0 Å². The van der Waals surface area contributed by atoms with Gasteiger partial charge < -0.3 is 20.2 Å². The number of anilines is 2. The third-order valence-electron chi connectivity index (χ3n) is 3.71. The van der Waals surface area contributed by atoms with Gasteiger partial charge in [-0.25, -0.2) is 4.79 Å². The minimum absolute atomic E-state index is 0.0865. The van der Waals surface area contributed by atoms with Crippen LogP contribution in [-0.2, 0) is 0 Å². The number of phenolic OH excluding ortho intramolecular Hbond substituents is 1. The Kier molecular flexibility index (Phi) is 4.09. The molecule has 6 heteroatoms. The van der Waals surface area contributed by atoms with Gasteiger partial charge in [0.1, 0.15) is 5.75 Å². The van der Waals surface area contributed by atoms with Crippen LogP contribution in [0.3, 0.4) is 0 Å². The van der Waals surface area contributed by atoms with E-state index in [9.17, 15) is 9.90 Å². The average Bonchev–Trinajstić information content (AvgIpc) is 2.57. The zero-order chi connectivity index (χ0) is 15.4. The SMILES string of the molecule is O=C(Nc1ccncc1)N1CCN(c2ccc(O)cc2)CC1. The van der Waals surface area contributed by atoms with Crippen LogP contribution in [0, 0.1) is 0 Å². The number of urea groups is 1. The molecule has 6 nitrogen and oxygen atoms in total. The summed E-state index contributed by atoms with van der Waals surface area (Å²) in [5.74, 6) is 0.263. The van der Waals surface area contributed by atoms with Gasteiger partial charge >= 0.3 is 6.03 Å². The Morgan fingerprint density at radius 3 is 2.27 bits per heavy atom. The van der Waals surface area contributed by atoms with Crippen LogP contribution in [0.4, 0.5) is 16.2 Å².